The van der Waals surface area contributed by atoms with Gasteiger partial charge in [-0.1, -0.05) is 30.3 Å². The summed E-state index contributed by atoms with van der Waals surface area (Å²) in [5, 5.41) is 0. The number of sulfonamides is 1. The number of hydrogen-bond acceptors (Lipinski definition) is 7. The molecule has 0 unspecified atom stereocenters. The SMILES string of the molecule is C[C@@H]1C[C@H](NS(C)(=O)=O)[C@H](CO[C@H]2CC[C@@]3(c4ncc(F)cn4)C[C@H]3C2)N1C(=O)OCc1ccccc1. The number of carbonyl (C=O) groups is 1. The van der Waals surface area contributed by atoms with Crippen molar-refractivity contribution in [3.63, 3.8) is 0 Å². The lowest BCUT2D eigenvalue weighted by molar-refractivity contribution is -0.0127. The first kappa shape index (κ1) is 26.0. The van der Waals surface area contributed by atoms with Crippen LogP contribution in [0.5, 0.6) is 0 Å². The molecule has 1 saturated heterocycles. The Kier molecular flexibility index (Phi) is 7.21. The number of fused-ring (bicyclic) bond motifs is 1. The molecule has 3 aliphatic rings. The molecule has 1 aromatic heterocycles. The van der Waals surface area contributed by atoms with Crippen molar-refractivity contribution < 1.29 is 27.1 Å². The minimum Gasteiger partial charge on any atom is -0.445 e. The Morgan fingerprint density at radius 1 is 1.22 bits per heavy atom. The molecule has 1 amide bonds. The Hall–Kier alpha value is -2.63. The largest absolute Gasteiger partial charge is 0.445 e. The number of amides is 1. The normalized spacial score (nSPS) is 31.1. The zero-order valence-electron chi connectivity index (χ0n) is 21.0. The van der Waals surface area contributed by atoms with Gasteiger partial charge in [-0.3, -0.25) is 4.90 Å². The highest BCUT2D eigenvalue weighted by Gasteiger charge is 2.60. The molecule has 11 heteroatoms. The summed E-state index contributed by atoms with van der Waals surface area (Å²) in [6, 6.07) is 8.25. The Labute approximate surface area is 216 Å². The van der Waals surface area contributed by atoms with Crippen LogP contribution in [0, 0.1) is 11.7 Å². The van der Waals surface area contributed by atoms with Crippen molar-refractivity contribution in [2.75, 3.05) is 12.9 Å². The fourth-order valence-corrected chi connectivity index (χ4v) is 6.86. The van der Waals surface area contributed by atoms with E-state index in [2.05, 4.69) is 14.7 Å². The maximum Gasteiger partial charge on any atom is 0.410 e. The molecule has 1 aromatic carbocycles. The number of rotatable bonds is 8. The maximum absolute atomic E-state index is 13.3. The van der Waals surface area contributed by atoms with Gasteiger partial charge < -0.3 is 9.47 Å². The maximum atomic E-state index is 13.3. The molecule has 1 aliphatic heterocycles. The highest BCUT2D eigenvalue weighted by atomic mass is 32.2. The summed E-state index contributed by atoms with van der Waals surface area (Å²) in [6.45, 7) is 2.23. The molecule has 2 saturated carbocycles. The van der Waals surface area contributed by atoms with Crippen molar-refractivity contribution in [1.82, 2.24) is 19.6 Å². The second-order valence-electron chi connectivity index (χ2n) is 10.6. The van der Waals surface area contributed by atoms with Crippen LogP contribution >= 0.6 is 0 Å². The predicted molar refractivity (Wildman–Crippen MR) is 133 cm³/mol. The molecular formula is C26H33FN4O5S. The fraction of sp³-hybridized carbons (Fsp3) is 0.577. The molecule has 5 rings (SSSR count). The van der Waals surface area contributed by atoms with Gasteiger partial charge in [0.15, 0.2) is 5.82 Å². The Balaban J connectivity index is 1.22. The van der Waals surface area contributed by atoms with Gasteiger partial charge in [0.2, 0.25) is 10.0 Å². The standard InChI is InChI=1S/C26H33FN4O5S/c1-17-10-22(30-37(2,33)34)23(31(17)25(32)36-15-18-6-4-3-5-7-18)16-35-21-8-9-26(12-19(26)11-21)24-28-13-20(27)14-29-24/h3-7,13-14,17,19,21-23,30H,8-12,15-16H2,1-2H3/t17-,19-,21+,22+,23+,26-/m1/s1. The van der Waals surface area contributed by atoms with E-state index in [1.165, 1.54) is 12.4 Å². The van der Waals surface area contributed by atoms with Crippen LogP contribution in [0.1, 0.15) is 50.4 Å². The van der Waals surface area contributed by atoms with Gasteiger partial charge >= 0.3 is 6.09 Å². The molecule has 2 aromatic rings. The van der Waals surface area contributed by atoms with E-state index >= 15 is 0 Å². The third-order valence-electron chi connectivity index (χ3n) is 7.93. The van der Waals surface area contributed by atoms with Crippen molar-refractivity contribution in [1.29, 1.82) is 0 Å². The Morgan fingerprint density at radius 2 is 1.95 bits per heavy atom. The minimum atomic E-state index is -3.48. The number of carbonyl (C=O) groups excluding carboxylic acids is 1. The lowest BCUT2D eigenvalue weighted by atomic mass is 9.86. The Bertz CT molecular complexity index is 1220. The molecule has 0 radical (unpaired) electrons. The van der Waals surface area contributed by atoms with Crippen molar-refractivity contribution in [3.05, 3.63) is 59.9 Å². The summed E-state index contributed by atoms with van der Waals surface area (Å²) in [5.41, 5.74) is 0.782. The Morgan fingerprint density at radius 3 is 2.62 bits per heavy atom. The average molecular weight is 533 g/mol. The number of halogens is 1. The molecule has 6 atom stereocenters. The van der Waals surface area contributed by atoms with Crippen molar-refractivity contribution >= 4 is 16.1 Å². The first-order valence-electron chi connectivity index (χ1n) is 12.7. The van der Waals surface area contributed by atoms with Gasteiger partial charge in [-0.2, -0.15) is 0 Å². The van der Waals surface area contributed by atoms with Gasteiger partial charge in [0.1, 0.15) is 12.4 Å². The average Bonchev–Trinajstić information content (AvgIpc) is 3.52. The highest BCUT2D eigenvalue weighted by Crippen LogP contribution is 2.61. The van der Waals surface area contributed by atoms with E-state index in [1.807, 2.05) is 37.3 Å². The fourth-order valence-electron chi connectivity index (χ4n) is 6.06. The van der Waals surface area contributed by atoms with Gasteiger partial charge in [-0.15, -0.1) is 0 Å². The first-order chi connectivity index (χ1) is 17.6. The number of ether oxygens (including phenoxy) is 2. The van der Waals surface area contributed by atoms with Crippen LogP contribution in [0.25, 0.3) is 0 Å². The summed E-state index contributed by atoms with van der Waals surface area (Å²) in [7, 11) is -3.48. The smallest absolute Gasteiger partial charge is 0.410 e. The van der Waals surface area contributed by atoms with Crippen molar-refractivity contribution in [3.8, 4) is 0 Å². The van der Waals surface area contributed by atoms with E-state index in [0.717, 1.165) is 37.5 Å². The van der Waals surface area contributed by atoms with Gasteiger partial charge in [-0.25, -0.2) is 32.3 Å². The quantitative estimate of drug-likeness (QED) is 0.556. The van der Waals surface area contributed by atoms with Crippen LogP contribution in [0.3, 0.4) is 0 Å². The number of likely N-dealkylation sites (tertiary alicyclic amines) is 1. The van der Waals surface area contributed by atoms with Crippen LogP contribution in [0.4, 0.5) is 9.18 Å². The number of nitrogens with one attached hydrogen (secondary N) is 1. The monoisotopic (exact) mass is 532 g/mol. The van der Waals surface area contributed by atoms with E-state index in [0.29, 0.717) is 18.2 Å². The molecule has 2 aliphatic carbocycles. The lowest BCUT2D eigenvalue weighted by Gasteiger charge is -2.33. The van der Waals surface area contributed by atoms with Crippen LogP contribution in [0.15, 0.2) is 42.7 Å². The third-order valence-corrected chi connectivity index (χ3v) is 8.66. The molecule has 0 spiro atoms. The second kappa shape index (κ2) is 10.3. The van der Waals surface area contributed by atoms with E-state index in [4.69, 9.17) is 9.47 Å². The first-order valence-corrected chi connectivity index (χ1v) is 14.6. The molecule has 200 valence electrons. The van der Waals surface area contributed by atoms with E-state index < -0.39 is 34.0 Å². The van der Waals surface area contributed by atoms with E-state index in [-0.39, 0.29) is 30.8 Å². The topological polar surface area (TPSA) is 111 Å². The second-order valence-corrected chi connectivity index (χ2v) is 12.4. The molecule has 1 N–H and O–H groups in total. The van der Waals surface area contributed by atoms with Crippen LogP contribution in [-0.2, 0) is 31.5 Å². The molecular weight excluding hydrogens is 499 g/mol. The molecule has 0 bridgehead atoms. The zero-order valence-corrected chi connectivity index (χ0v) is 21.9. The zero-order chi connectivity index (χ0) is 26.2. The van der Waals surface area contributed by atoms with Crippen molar-refractivity contribution in [2.45, 2.75) is 75.3 Å². The van der Waals surface area contributed by atoms with Crippen LogP contribution in [0.2, 0.25) is 0 Å². The third kappa shape index (κ3) is 5.78. The molecule has 3 fully saturated rings. The van der Waals surface area contributed by atoms with Crippen molar-refractivity contribution in [2.24, 2.45) is 5.92 Å². The number of nitrogens with zero attached hydrogens (tertiary/aromatic N) is 3. The molecule has 9 nitrogen and oxygen atoms in total. The summed E-state index contributed by atoms with van der Waals surface area (Å²) in [4.78, 5) is 23.2. The number of hydrogen-bond donors (Lipinski definition) is 1. The van der Waals surface area contributed by atoms with Gasteiger partial charge in [-0.05, 0) is 50.5 Å². The van der Waals surface area contributed by atoms with Crippen LogP contribution in [-0.4, -0.2) is 66.5 Å². The predicted octanol–water partition coefficient (Wildman–Crippen LogP) is 3.16. The van der Waals surface area contributed by atoms with Gasteiger partial charge in [0.05, 0.1) is 37.4 Å². The van der Waals surface area contributed by atoms with Gasteiger partial charge in [0, 0.05) is 17.5 Å². The number of aromatic nitrogens is 2. The van der Waals surface area contributed by atoms with E-state index in [9.17, 15) is 17.6 Å². The summed E-state index contributed by atoms with van der Waals surface area (Å²) < 4.78 is 52.0. The highest BCUT2D eigenvalue weighted by molar-refractivity contribution is 7.88. The van der Waals surface area contributed by atoms with Gasteiger partial charge in [0.25, 0.3) is 0 Å². The summed E-state index contributed by atoms with van der Waals surface area (Å²) >= 11 is 0. The molecule has 37 heavy (non-hydrogen) atoms. The molecule has 2 heterocycles. The van der Waals surface area contributed by atoms with E-state index in [1.54, 1.807) is 4.90 Å². The van der Waals surface area contributed by atoms with Crippen LogP contribution < -0.4 is 4.72 Å². The number of benzene rings is 1. The lowest BCUT2D eigenvalue weighted by Crippen LogP contribution is -2.50. The summed E-state index contributed by atoms with van der Waals surface area (Å²) in [6.07, 6.45) is 6.95. The summed E-state index contributed by atoms with van der Waals surface area (Å²) in [5.74, 6) is 0.632. The minimum absolute atomic E-state index is 0.0157.